The maximum atomic E-state index is 15.5. The summed E-state index contributed by atoms with van der Waals surface area (Å²) in [7, 11) is 2.63. The van der Waals surface area contributed by atoms with Crippen LogP contribution < -0.4 is 20.9 Å². The van der Waals surface area contributed by atoms with Gasteiger partial charge >= 0.3 is 6.05 Å². The van der Waals surface area contributed by atoms with E-state index in [4.69, 9.17) is 4.11 Å². The van der Waals surface area contributed by atoms with Gasteiger partial charge in [0.05, 0.1) is 28.2 Å². The van der Waals surface area contributed by atoms with E-state index in [9.17, 15) is 9.59 Å². The number of carbonyl (C=O) groups excluding carboxylic acids is 2. The first-order valence-electron chi connectivity index (χ1n) is 12.1. The van der Waals surface area contributed by atoms with Gasteiger partial charge in [-0.3, -0.25) is 14.3 Å². The van der Waals surface area contributed by atoms with Gasteiger partial charge in [0.15, 0.2) is 0 Å². The van der Waals surface area contributed by atoms with Gasteiger partial charge in [0.2, 0.25) is 5.91 Å². The zero-order valence-corrected chi connectivity index (χ0v) is 18.3. The highest BCUT2D eigenvalue weighted by atomic mass is 19.3. The SMILES string of the molecule is [2H]C([2H])([2H])n1cc2c(n1)-c1cccc(Nc3cc(NC(=O)C4CC4)ncc3C(=O)NC)c1N(C)C2(F)F. The number of nitrogens with zero attached hydrogens (tertiary/aromatic N) is 4. The second-order valence-corrected chi connectivity index (χ2v) is 8.22. The summed E-state index contributed by atoms with van der Waals surface area (Å²) in [5, 5.41) is 12.2. The fourth-order valence-corrected chi connectivity index (χ4v) is 3.97. The molecule has 11 heteroatoms. The lowest BCUT2D eigenvalue weighted by Gasteiger charge is -2.36. The van der Waals surface area contributed by atoms with Crippen LogP contribution in [0.4, 0.5) is 31.7 Å². The Morgan fingerprint density at radius 3 is 2.76 bits per heavy atom. The first-order chi connectivity index (χ1) is 17.4. The van der Waals surface area contributed by atoms with E-state index < -0.39 is 24.5 Å². The molecule has 176 valence electrons. The summed E-state index contributed by atoms with van der Waals surface area (Å²) in [6.07, 6.45) is 3.71. The van der Waals surface area contributed by atoms with E-state index in [-0.39, 0.29) is 51.5 Å². The number of fused-ring (bicyclic) bond motifs is 3. The van der Waals surface area contributed by atoms with Gasteiger partial charge in [-0.05, 0) is 18.9 Å². The molecule has 0 spiro atoms. The number of hydrogen-bond acceptors (Lipinski definition) is 6. The number of para-hydroxylation sites is 1. The number of anilines is 4. The summed E-state index contributed by atoms with van der Waals surface area (Å²) in [5.74, 6) is -0.524. The maximum absolute atomic E-state index is 15.5. The van der Waals surface area contributed by atoms with Crippen molar-refractivity contribution in [2.24, 2.45) is 12.9 Å². The molecule has 1 fully saturated rings. The Hall–Kier alpha value is -4.02. The van der Waals surface area contributed by atoms with Crippen LogP contribution >= 0.6 is 0 Å². The van der Waals surface area contributed by atoms with E-state index in [2.05, 4.69) is 26.0 Å². The van der Waals surface area contributed by atoms with Crippen LogP contribution in [0.15, 0.2) is 36.7 Å². The van der Waals surface area contributed by atoms with Crippen LogP contribution in [0.5, 0.6) is 0 Å². The molecule has 34 heavy (non-hydrogen) atoms. The van der Waals surface area contributed by atoms with E-state index in [1.54, 1.807) is 18.2 Å². The van der Waals surface area contributed by atoms with Gasteiger partial charge in [-0.1, -0.05) is 12.1 Å². The van der Waals surface area contributed by atoms with Gasteiger partial charge in [-0.2, -0.15) is 13.9 Å². The predicted molar refractivity (Wildman–Crippen MR) is 123 cm³/mol. The molecule has 3 aromatic rings. The van der Waals surface area contributed by atoms with Crippen molar-refractivity contribution in [1.82, 2.24) is 20.1 Å². The number of hydrogen-bond donors (Lipinski definition) is 3. The van der Waals surface area contributed by atoms with Crippen molar-refractivity contribution >= 4 is 34.7 Å². The van der Waals surface area contributed by atoms with E-state index in [1.165, 1.54) is 26.4 Å². The van der Waals surface area contributed by atoms with Crippen LogP contribution in [0.3, 0.4) is 0 Å². The second-order valence-electron chi connectivity index (χ2n) is 8.22. The monoisotopic (exact) mass is 470 g/mol. The molecule has 2 aromatic heterocycles. The third-order valence-corrected chi connectivity index (χ3v) is 5.93. The quantitative estimate of drug-likeness (QED) is 0.494. The molecular formula is C23H23F2N7O2. The Kier molecular flexibility index (Phi) is 4.22. The Morgan fingerprint density at radius 1 is 1.26 bits per heavy atom. The minimum atomic E-state index is -3.57. The molecule has 2 amide bonds. The number of pyridine rings is 1. The zero-order valence-electron chi connectivity index (χ0n) is 21.3. The van der Waals surface area contributed by atoms with Crippen LogP contribution in [-0.2, 0) is 17.8 Å². The summed E-state index contributed by atoms with van der Waals surface area (Å²) in [6.45, 7) is -2.73. The first kappa shape index (κ1) is 18.4. The van der Waals surface area contributed by atoms with Crippen molar-refractivity contribution in [3.8, 4) is 11.3 Å². The Labute approximate surface area is 198 Å². The van der Waals surface area contributed by atoms with Crippen LogP contribution in [0.2, 0.25) is 0 Å². The van der Waals surface area contributed by atoms with Crippen molar-refractivity contribution in [3.05, 3.63) is 47.8 Å². The number of aromatic nitrogens is 3. The number of rotatable bonds is 5. The highest BCUT2D eigenvalue weighted by molar-refractivity contribution is 6.02. The molecule has 9 nitrogen and oxygen atoms in total. The predicted octanol–water partition coefficient (Wildman–Crippen LogP) is 3.43. The van der Waals surface area contributed by atoms with E-state index in [0.717, 1.165) is 23.9 Å². The number of benzene rings is 1. The molecule has 0 saturated heterocycles. The number of nitrogens with one attached hydrogen (secondary N) is 3. The van der Waals surface area contributed by atoms with Gasteiger partial charge in [0, 0.05) is 55.1 Å². The van der Waals surface area contributed by atoms with Crippen LogP contribution in [-0.4, -0.2) is 40.7 Å². The van der Waals surface area contributed by atoms with Crippen LogP contribution in [0, 0.1) is 5.92 Å². The second kappa shape index (κ2) is 7.79. The van der Waals surface area contributed by atoms with E-state index >= 15 is 8.78 Å². The third-order valence-electron chi connectivity index (χ3n) is 5.93. The average molecular weight is 470 g/mol. The molecule has 2 aliphatic rings. The van der Waals surface area contributed by atoms with Crippen molar-refractivity contribution < 1.29 is 22.5 Å². The topological polar surface area (TPSA) is 104 Å². The molecule has 0 radical (unpaired) electrons. The number of halogens is 2. The summed E-state index contributed by atoms with van der Waals surface area (Å²) < 4.78 is 54.2. The lowest BCUT2D eigenvalue weighted by atomic mass is 9.97. The normalized spacial score (nSPS) is 17.5. The van der Waals surface area contributed by atoms with E-state index in [0.29, 0.717) is 4.68 Å². The van der Waals surface area contributed by atoms with Gasteiger partial charge in [0.25, 0.3) is 5.91 Å². The number of aryl methyl sites for hydroxylation is 1. The fraction of sp³-hybridized carbons (Fsp3) is 0.304. The molecule has 1 saturated carbocycles. The largest absolute Gasteiger partial charge is 0.356 e. The number of amides is 2. The van der Waals surface area contributed by atoms with Gasteiger partial charge in [-0.15, -0.1) is 0 Å². The molecule has 0 atom stereocenters. The fourth-order valence-electron chi connectivity index (χ4n) is 3.97. The van der Waals surface area contributed by atoms with Crippen molar-refractivity contribution in [2.75, 3.05) is 29.6 Å². The highest BCUT2D eigenvalue weighted by Crippen LogP contribution is 2.51. The molecule has 3 N–H and O–H groups in total. The summed E-state index contributed by atoms with van der Waals surface area (Å²) in [4.78, 5) is 29.6. The molecule has 1 aromatic carbocycles. The van der Waals surface area contributed by atoms with Gasteiger partial charge < -0.3 is 20.9 Å². The zero-order chi connectivity index (χ0) is 26.7. The molecule has 1 aliphatic heterocycles. The van der Waals surface area contributed by atoms with Crippen molar-refractivity contribution in [2.45, 2.75) is 18.9 Å². The molecular weight excluding hydrogens is 444 g/mol. The minimum Gasteiger partial charge on any atom is -0.355 e. The van der Waals surface area contributed by atoms with Crippen LogP contribution in [0.1, 0.15) is 32.9 Å². The molecule has 0 unspecified atom stereocenters. The minimum absolute atomic E-state index is 0.0547. The molecule has 0 bridgehead atoms. The van der Waals surface area contributed by atoms with Gasteiger partial charge in [0.1, 0.15) is 11.5 Å². The summed E-state index contributed by atoms with van der Waals surface area (Å²) in [6, 6.07) is 2.60. The molecule has 5 rings (SSSR count). The molecule has 1 aliphatic carbocycles. The Bertz CT molecular complexity index is 1420. The average Bonchev–Trinajstić information content (AvgIpc) is 3.59. The number of carbonyl (C=O) groups is 2. The van der Waals surface area contributed by atoms with E-state index in [1.807, 2.05) is 0 Å². The van der Waals surface area contributed by atoms with Crippen molar-refractivity contribution in [1.29, 1.82) is 0 Å². The molecule has 3 heterocycles. The Morgan fingerprint density at radius 2 is 2.06 bits per heavy atom. The first-order valence-corrected chi connectivity index (χ1v) is 10.6. The highest BCUT2D eigenvalue weighted by Gasteiger charge is 2.47. The van der Waals surface area contributed by atoms with Gasteiger partial charge in [-0.25, -0.2) is 4.98 Å². The van der Waals surface area contributed by atoms with Crippen LogP contribution in [0.25, 0.3) is 11.3 Å². The van der Waals surface area contributed by atoms with Crippen molar-refractivity contribution in [3.63, 3.8) is 0 Å². The summed E-state index contributed by atoms with van der Waals surface area (Å²) >= 11 is 0. The third kappa shape index (κ3) is 3.53. The Balaban J connectivity index is 1.60. The lowest BCUT2D eigenvalue weighted by molar-refractivity contribution is -0.117. The maximum Gasteiger partial charge on any atom is 0.356 e. The summed E-state index contributed by atoms with van der Waals surface area (Å²) in [5.41, 5.74) is 0.219. The smallest absolute Gasteiger partial charge is 0.355 e. The standard InChI is InChI=1S/C23H23F2N7O2/c1-26-22(34)14-10-27-18(29-21(33)12-7-8-12)9-17(14)28-16-6-4-5-13-19-15(11-31(2)30-19)23(24,25)32(3)20(13)16/h4-6,9-12H,7-8H2,1-3H3,(H,26,34)(H2,27,28,29,33)/i2D3. The number of alkyl halides is 2. The lowest BCUT2D eigenvalue weighted by Crippen LogP contribution is -2.39.